The van der Waals surface area contributed by atoms with Crippen LogP contribution in [0.3, 0.4) is 0 Å². The van der Waals surface area contributed by atoms with Gasteiger partial charge in [-0.05, 0) is 24.6 Å². The van der Waals surface area contributed by atoms with Crippen molar-refractivity contribution < 1.29 is 18.3 Å². The van der Waals surface area contributed by atoms with Crippen molar-refractivity contribution in [1.82, 2.24) is 4.98 Å². The lowest BCUT2D eigenvalue weighted by Crippen LogP contribution is -2.26. The first-order valence-corrected chi connectivity index (χ1v) is 8.97. The third-order valence-electron chi connectivity index (χ3n) is 3.86. The number of aromatic nitrogens is 1. The Balaban J connectivity index is 1.67. The maximum atomic E-state index is 12.6. The van der Waals surface area contributed by atoms with Gasteiger partial charge in [-0.2, -0.15) is 13.2 Å². The molecule has 2 heterocycles. The summed E-state index contributed by atoms with van der Waals surface area (Å²) in [5.74, 6) is 0. The Hall–Kier alpha value is -1.32. The number of benzene rings is 1. The van der Waals surface area contributed by atoms with Gasteiger partial charge in [-0.25, -0.2) is 4.98 Å². The zero-order chi connectivity index (χ0) is 17.3. The van der Waals surface area contributed by atoms with Crippen LogP contribution in [0.25, 0.3) is 0 Å². The van der Waals surface area contributed by atoms with Crippen molar-refractivity contribution >= 4 is 38.1 Å². The summed E-state index contributed by atoms with van der Waals surface area (Å²) in [7, 11) is 0. The molecule has 1 aromatic heterocycles. The fourth-order valence-corrected chi connectivity index (χ4v) is 3.93. The van der Waals surface area contributed by atoms with Gasteiger partial charge in [0.15, 0.2) is 10.8 Å². The number of hydrogen-bond donors (Lipinski definition) is 2. The van der Waals surface area contributed by atoms with Gasteiger partial charge in [0, 0.05) is 40.2 Å². The van der Waals surface area contributed by atoms with Crippen LogP contribution in [0, 0.1) is 0 Å². The van der Waals surface area contributed by atoms with E-state index in [0.29, 0.717) is 6.54 Å². The molecule has 1 aromatic carbocycles. The molecule has 0 bridgehead atoms. The van der Waals surface area contributed by atoms with Crippen molar-refractivity contribution in [1.29, 1.82) is 0 Å². The fraction of sp³-hybridized carbons (Fsp3) is 0.400. The number of aliphatic hydroxyl groups excluding tert-OH is 1. The van der Waals surface area contributed by atoms with Gasteiger partial charge in [0.05, 0.1) is 6.61 Å². The average molecular weight is 422 g/mol. The molecule has 0 amide bonds. The molecule has 1 unspecified atom stereocenters. The number of nitrogens with zero attached hydrogens (tertiary/aromatic N) is 2. The minimum Gasteiger partial charge on any atom is -0.392 e. The lowest BCUT2D eigenvalue weighted by molar-refractivity contribution is -0.140. The molecule has 0 radical (unpaired) electrons. The highest BCUT2D eigenvalue weighted by Crippen LogP contribution is 2.33. The summed E-state index contributed by atoms with van der Waals surface area (Å²) in [6.45, 7) is 1.35. The van der Waals surface area contributed by atoms with Crippen molar-refractivity contribution in [3.8, 4) is 0 Å². The summed E-state index contributed by atoms with van der Waals surface area (Å²) >= 11 is 4.34. The monoisotopic (exact) mass is 421 g/mol. The molecule has 0 saturated carbocycles. The van der Waals surface area contributed by atoms with Gasteiger partial charge < -0.3 is 15.3 Å². The van der Waals surface area contributed by atoms with Crippen LogP contribution >= 0.6 is 27.3 Å². The summed E-state index contributed by atoms with van der Waals surface area (Å²) in [6.07, 6.45) is -3.62. The van der Waals surface area contributed by atoms with Gasteiger partial charge in [0.25, 0.3) is 0 Å². The maximum absolute atomic E-state index is 12.6. The predicted molar refractivity (Wildman–Crippen MR) is 91.4 cm³/mol. The molecule has 1 fully saturated rings. The smallest absolute Gasteiger partial charge is 0.392 e. The average Bonchev–Trinajstić information content (AvgIpc) is 3.16. The fourth-order valence-electron chi connectivity index (χ4n) is 2.73. The standard InChI is InChI=1S/C15H15BrF3N3OS/c16-10-1-2-12(9(5-10)7-23)22-4-3-11(6-22)20-14-21-13(8-24-14)15(17,18)19/h1-2,5,8,11,23H,3-4,6-7H2,(H,20,21). The minimum absolute atomic E-state index is 0.0208. The highest BCUT2D eigenvalue weighted by molar-refractivity contribution is 9.10. The van der Waals surface area contributed by atoms with Crippen LogP contribution < -0.4 is 10.2 Å². The van der Waals surface area contributed by atoms with Gasteiger partial charge in [-0.3, -0.25) is 0 Å². The molecule has 4 nitrogen and oxygen atoms in total. The molecule has 9 heteroatoms. The number of anilines is 2. The number of hydrogen-bond acceptors (Lipinski definition) is 5. The molecular formula is C15H15BrF3N3OS. The summed E-state index contributed by atoms with van der Waals surface area (Å²) in [5, 5.41) is 13.9. The SMILES string of the molecule is OCc1cc(Br)ccc1N1CCC(Nc2nc(C(F)(F)F)cs2)C1. The van der Waals surface area contributed by atoms with Gasteiger partial charge >= 0.3 is 6.18 Å². The number of alkyl halides is 3. The van der Waals surface area contributed by atoms with Crippen LogP contribution in [0.1, 0.15) is 17.7 Å². The van der Waals surface area contributed by atoms with Gasteiger partial charge in [-0.1, -0.05) is 15.9 Å². The lowest BCUT2D eigenvalue weighted by atomic mass is 10.1. The first kappa shape index (κ1) is 17.5. The van der Waals surface area contributed by atoms with E-state index in [1.165, 1.54) is 0 Å². The second-order valence-corrected chi connectivity index (χ2v) is 7.32. The second kappa shape index (κ2) is 6.89. The van der Waals surface area contributed by atoms with Crippen molar-refractivity contribution in [3.63, 3.8) is 0 Å². The first-order chi connectivity index (χ1) is 11.4. The van der Waals surface area contributed by atoms with Crippen molar-refractivity contribution in [3.05, 3.63) is 39.3 Å². The molecule has 130 valence electrons. The van der Waals surface area contributed by atoms with Crippen LogP contribution in [-0.2, 0) is 12.8 Å². The van der Waals surface area contributed by atoms with E-state index in [9.17, 15) is 18.3 Å². The van der Waals surface area contributed by atoms with Crippen molar-refractivity contribution in [2.24, 2.45) is 0 Å². The molecule has 2 aromatic rings. The van der Waals surface area contributed by atoms with E-state index in [0.717, 1.165) is 45.4 Å². The summed E-state index contributed by atoms with van der Waals surface area (Å²) < 4.78 is 38.7. The maximum Gasteiger partial charge on any atom is 0.434 e. The zero-order valence-corrected chi connectivity index (χ0v) is 14.9. The molecule has 3 rings (SSSR count). The second-order valence-electron chi connectivity index (χ2n) is 5.54. The normalized spacial score (nSPS) is 18.2. The largest absolute Gasteiger partial charge is 0.434 e. The van der Waals surface area contributed by atoms with E-state index in [1.807, 2.05) is 18.2 Å². The van der Waals surface area contributed by atoms with Crippen LogP contribution in [0.4, 0.5) is 24.0 Å². The molecule has 1 saturated heterocycles. The Labute approximate surface area is 149 Å². The molecule has 1 aliphatic rings. The summed E-state index contributed by atoms with van der Waals surface area (Å²) in [4.78, 5) is 5.72. The van der Waals surface area contributed by atoms with E-state index in [1.54, 1.807) is 0 Å². The Bertz CT molecular complexity index is 722. The molecule has 24 heavy (non-hydrogen) atoms. The number of halogens is 4. The van der Waals surface area contributed by atoms with Gasteiger partial charge in [0.1, 0.15) is 0 Å². The molecule has 1 aliphatic heterocycles. The van der Waals surface area contributed by atoms with E-state index in [4.69, 9.17) is 0 Å². The number of rotatable bonds is 4. The number of thiazole rings is 1. The van der Waals surface area contributed by atoms with E-state index in [-0.39, 0.29) is 17.8 Å². The molecule has 0 spiro atoms. The Morgan fingerprint density at radius 2 is 2.21 bits per heavy atom. The van der Waals surface area contributed by atoms with Gasteiger partial charge in [-0.15, -0.1) is 11.3 Å². The van der Waals surface area contributed by atoms with Crippen LogP contribution in [0.5, 0.6) is 0 Å². The Morgan fingerprint density at radius 3 is 2.88 bits per heavy atom. The van der Waals surface area contributed by atoms with E-state index < -0.39 is 11.9 Å². The molecule has 2 N–H and O–H groups in total. The van der Waals surface area contributed by atoms with Crippen molar-refractivity contribution in [2.75, 3.05) is 23.3 Å². The van der Waals surface area contributed by atoms with E-state index >= 15 is 0 Å². The molecule has 1 atom stereocenters. The number of nitrogens with one attached hydrogen (secondary N) is 1. The molecule has 0 aliphatic carbocycles. The molecular weight excluding hydrogens is 407 g/mol. The first-order valence-electron chi connectivity index (χ1n) is 7.30. The third-order valence-corrected chi connectivity index (χ3v) is 5.13. The van der Waals surface area contributed by atoms with Crippen LogP contribution in [0.2, 0.25) is 0 Å². The lowest BCUT2D eigenvalue weighted by Gasteiger charge is -2.22. The predicted octanol–water partition coefficient (Wildman–Crippen LogP) is 4.11. The highest BCUT2D eigenvalue weighted by Gasteiger charge is 2.34. The summed E-state index contributed by atoms with van der Waals surface area (Å²) in [5.41, 5.74) is 0.902. The highest BCUT2D eigenvalue weighted by atomic mass is 79.9. The van der Waals surface area contributed by atoms with Crippen LogP contribution in [0.15, 0.2) is 28.1 Å². The Morgan fingerprint density at radius 1 is 1.42 bits per heavy atom. The van der Waals surface area contributed by atoms with Crippen molar-refractivity contribution in [2.45, 2.75) is 25.2 Å². The topological polar surface area (TPSA) is 48.4 Å². The van der Waals surface area contributed by atoms with Gasteiger partial charge in [0.2, 0.25) is 0 Å². The quantitative estimate of drug-likeness (QED) is 0.779. The van der Waals surface area contributed by atoms with E-state index in [2.05, 4.69) is 31.1 Å². The third kappa shape index (κ3) is 3.84. The number of aliphatic hydroxyl groups is 1. The Kier molecular flexibility index (Phi) is 5.03. The zero-order valence-electron chi connectivity index (χ0n) is 12.5. The van der Waals surface area contributed by atoms with Crippen LogP contribution in [-0.4, -0.2) is 29.2 Å². The summed E-state index contributed by atoms with van der Waals surface area (Å²) in [6, 6.07) is 5.73. The minimum atomic E-state index is -4.41.